The zero-order valence-electron chi connectivity index (χ0n) is 9.93. The van der Waals surface area contributed by atoms with Crippen molar-refractivity contribution < 1.29 is 14.7 Å². The van der Waals surface area contributed by atoms with Gasteiger partial charge in [-0.2, -0.15) is 0 Å². The van der Waals surface area contributed by atoms with E-state index in [0.29, 0.717) is 18.4 Å². The summed E-state index contributed by atoms with van der Waals surface area (Å²) in [7, 11) is 0. The molecule has 1 aromatic carbocycles. The highest BCUT2D eigenvalue weighted by Crippen LogP contribution is 2.35. The summed E-state index contributed by atoms with van der Waals surface area (Å²) in [5, 5.41) is 9.09. The van der Waals surface area contributed by atoms with Crippen LogP contribution in [0.1, 0.15) is 36.0 Å². The minimum atomic E-state index is -0.757. The fourth-order valence-electron chi connectivity index (χ4n) is 2.60. The van der Waals surface area contributed by atoms with Crippen molar-refractivity contribution in [2.75, 3.05) is 0 Å². The van der Waals surface area contributed by atoms with E-state index in [4.69, 9.17) is 5.11 Å². The Hall–Kier alpha value is -0.910. The molecule has 0 aromatic heterocycles. The molecule has 1 fully saturated rings. The van der Waals surface area contributed by atoms with E-state index in [-0.39, 0.29) is 17.6 Å². The maximum Gasteiger partial charge on any atom is 0.306 e. The Labute approximate surface area is 120 Å². The molecule has 1 aliphatic carbocycles. The molecule has 4 heteroatoms. The number of carbonyl (C=O) groups excluding carboxylic acids is 1. The van der Waals surface area contributed by atoms with E-state index in [9.17, 15) is 9.59 Å². The number of hydrogen-bond acceptors (Lipinski definition) is 2. The average Bonchev–Trinajstić information content (AvgIpc) is 2.78. The Balaban J connectivity index is 2.03. The third-order valence-electron chi connectivity index (χ3n) is 3.59. The predicted octanol–water partition coefficient (Wildman–Crippen LogP) is 3.36. The van der Waals surface area contributed by atoms with E-state index in [1.54, 1.807) is 0 Å². The Morgan fingerprint density at radius 2 is 1.89 bits per heavy atom. The Bertz CT molecular complexity index is 453. The van der Waals surface area contributed by atoms with Crippen molar-refractivity contribution in [1.82, 2.24) is 0 Å². The van der Waals surface area contributed by atoms with Gasteiger partial charge in [0.1, 0.15) is 0 Å². The second-order valence-electron chi connectivity index (χ2n) is 4.77. The number of carbonyl (C=O) groups is 2. The van der Waals surface area contributed by atoms with Gasteiger partial charge in [-0.1, -0.05) is 18.6 Å². The van der Waals surface area contributed by atoms with Crippen LogP contribution in [0.5, 0.6) is 0 Å². The highest BCUT2D eigenvalue weighted by atomic mass is 127. The molecule has 0 unspecified atom stereocenters. The first-order valence-corrected chi connectivity index (χ1v) is 7.17. The molecule has 0 bridgehead atoms. The molecule has 0 radical (unpaired) electrons. The maximum absolute atomic E-state index is 12.1. The van der Waals surface area contributed by atoms with Crippen LogP contribution in [0.3, 0.4) is 0 Å². The Morgan fingerprint density at radius 3 is 2.50 bits per heavy atom. The molecule has 0 amide bonds. The lowest BCUT2D eigenvalue weighted by Gasteiger charge is -2.14. The molecule has 1 aromatic rings. The number of hydrogen-bond donors (Lipinski definition) is 1. The summed E-state index contributed by atoms with van der Waals surface area (Å²) in [6, 6.07) is 7.43. The van der Waals surface area contributed by atoms with Crippen LogP contribution in [-0.4, -0.2) is 16.9 Å². The van der Waals surface area contributed by atoms with Crippen LogP contribution < -0.4 is 0 Å². The van der Waals surface area contributed by atoms with Gasteiger partial charge in [0.05, 0.1) is 5.92 Å². The number of carboxylic acids is 1. The summed E-state index contributed by atoms with van der Waals surface area (Å²) < 4.78 is 1.09. The quantitative estimate of drug-likeness (QED) is 0.663. The van der Waals surface area contributed by atoms with Crippen molar-refractivity contribution in [3.8, 4) is 0 Å². The predicted molar refractivity (Wildman–Crippen MR) is 76.6 cm³/mol. The number of aliphatic carboxylic acids is 1. The summed E-state index contributed by atoms with van der Waals surface area (Å²) in [5.74, 6) is -1.02. The monoisotopic (exact) mass is 358 g/mol. The van der Waals surface area contributed by atoms with Gasteiger partial charge in [-0.05, 0) is 53.5 Å². The molecule has 0 heterocycles. The second kappa shape index (κ2) is 5.82. The van der Waals surface area contributed by atoms with Crippen LogP contribution >= 0.6 is 22.6 Å². The molecule has 0 saturated heterocycles. The van der Waals surface area contributed by atoms with Crippen molar-refractivity contribution in [3.63, 3.8) is 0 Å². The summed E-state index contributed by atoms with van der Waals surface area (Å²) in [6.07, 6.45) is 2.84. The Kier molecular flexibility index (Phi) is 4.37. The molecular weight excluding hydrogens is 343 g/mol. The van der Waals surface area contributed by atoms with Gasteiger partial charge in [0.2, 0.25) is 0 Å². The zero-order valence-corrected chi connectivity index (χ0v) is 12.1. The van der Waals surface area contributed by atoms with Crippen LogP contribution in [-0.2, 0) is 4.79 Å². The van der Waals surface area contributed by atoms with Crippen LogP contribution in [0.4, 0.5) is 0 Å². The van der Waals surface area contributed by atoms with Crippen molar-refractivity contribution in [2.45, 2.75) is 25.7 Å². The van der Waals surface area contributed by atoms with Crippen molar-refractivity contribution in [3.05, 3.63) is 33.4 Å². The van der Waals surface area contributed by atoms with Gasteiger partial charge in [-0.3, -0.25) is 9.59 Å². The van der Waals surface area contributed by atoms with Gasteiger partial charge in [0.15, 0.2) is 5.78 Å². The Morgan fingerprint density at radius 1 is 1.22 bits per heavy atom. The number of halogens is 1. The molecule has 3 nitrogen and oxygen atoms in total. The lowest BCUT2D eigenvalue weighted by atomic mass is 9.89. The fourth-order valence-corrected chi connectivity index (χ4v) is 2.96. The normalized spacial score (nSPS) is 22.9. The number of Topliss-reactive ketones (excluding diaryl/α,β-unsaturated/α-hetero) is 1. The van der Waals surface area contributed by atoms with Crippen LogP contribution in [0, 0.1) is 15.4 Å². The molecule has 0 spiro atoms. The number of ketones is 1. The van der Waals surface area contributed by atoms with E-state index in [1.807, 2.05) is 24.3 Å². The van der Waals surface area contributed by atoms with Crippen LogP contribution in [0.25, 0.3) is 0 Å². The van der Waals surface area contributed by atoms with Crippen molar-refractivity contribution in [1.29, 1.82) is 0 Å². The first-order valence-electron chi connectivity index (χ1n) is 6.09. The van der Waals surface area contributed by atoms with Gasteiger partial charge in [-0.25, -0.2) is 0 Å². The van der Waals surface area contributed by atoms with Gasteiger partial charge >= 0.3 is 5.97 Å². The minimum absolute atomic E-state index is 0.00859. The molecule has 1 aliphatic rings. The third kappa shape index (κ3) is 3.10. The largest absolute Gasteiger partial charge is 0.481 e. The van der Waals surface area contributed by atoms with E-state index in [0.717, 1.165) is 16.4 Å². The molecule has 96 valence electrons. The topological polar surface area (TPSA) is 54.4 Å². The maximum atomic E-state index is 12.1. The molecule has 0 aliphatic heterocycles. The summed E-state index contributed by atoms with van der Waals surface area (Å²) in [6.45, 7) is 0. The van der Waals surface area contributed by atoms with Crippen molar-refractivity contribution in [2.24, 2.45) is 11.8 Å². The summed E-state index contributed by atoms with van der Waals surface area (Å²) in [5.41, 5.74) is 0.687. The number of carboxylic acid groups (broad SMARTS) is 1. The average molecular weight is 358 g/mol. The lowest BCUT2D eigenvalue weighted by molar-refractivity contribution is -0.142. The smallest absolute Gasteiger partial charge is 0.306 e. The summed E-state index contributed by atoms with van der Waals surface area (Å²) >= 11 is 2.19. The van der Waals surface area contributed by atoms with Gasteiger partial charge in [-0.15, -0.1) is 0 Å². The lowest BCUT2D eigenvalue weighted by Crippen LogP contribution is -2.20. The molecule has 1 N–H and O–H groups in total. The SMILES string of the molecule is O=C(C[C@@H]1CCC[C@H]1C(=O)O)c1ccc(I)cc1. The van der Waals surface area contributed by atoms with E-state index >= 15 is 0 Å². The molecule has 2 atom stereocenters. The highest BCUT2D eigenvalue weighted by Gasteiger charge is 2.34. The van der Waals surface area contributed by atoms with Crippen molar-refractivity contribution >= 4 is 34.3 Å². The second-order valence-corrected chi connectivity index (χ2v) is 6.02. The molecule has 18 heavy (non-hydrogen) atoms. The molecule has 2 rings (SSSR count). The molecule has 1 saturated carbocycles. The zero-order chi connectivity index (χ0) is 13.1. The van der Waals surface area contributed by atoms with Gasteiger partial charge in [0, 0.05) is 15.6 Å². The van der Waals surface area contributed by atoms with E-state index < -0.39 is 5.97 Å². The van der Waals surface area contributed by atoms with E-state index in [2.05, 4.69) is 22.6 Å². The third-order valence-corrected chi connectivity index (χ3v) is 4.31. The highest BCUT2D eigenvalue weighted by molar-refractivity contribution is 14.1. The fraction of sp³-hybridized carbons (Fsp3) is 0.429. The first-order chi connectivity index (χ1) is 8.58. The van der Waals surface area contributed by atoms with Gasteiger partial charge in [0.25, 0.3) is 0 Å². The first kappa shape index (κ1) is 13.5. The van der Waals surface area contributed by atoms with Gasteiger partial charge < -0.3 is 5.11 Å². The van der Waals surface area contributed by atoms with Crippen LogP contribution in [0.15, 0.2) is 24.3 Å². The van der Waals surface area contributed by atoms with E-state index in [1.165, 1.54) is 0 Å². The molecular formula is C14H15IO3. The number of benzene rings is 1. The standard InChI is InChI=1S/C14H15IO3/c15-11-6-4-9(5-7-11)13(16)8-10-2-1-3-12(10)14(17)18/h4-7,10,12H,1-3,8H2,(H,17,18)/t10-,12+/m0/s1. The van der Waals surface area contributed by atoms with Crippen LogP contribution in [0.2, 0.25) is 0 Å². The minimum Gasteiger partial charge on any atom is -0.481 e. The number of rotatable bonds is 4. The summed E-state index contributed by atoms with van der Waals surface area (Å²) in [4.78, 5) is 23.1.